The molecule has 1 unspecified atom stereocenters. The van der Waals surface area contributed by atoms with Gasteiger partial charge in [0.15, 0.2) is 0 Å². The molecule has 0 amide bonds. The molecule has 1 aromatic carbocycles. The molecule has 1 atom stereocenters. The van der Waals surface area contributed by atoms with Crippen molar-refractivity contribution in [2.24, 2.45) is 0 Å². The topological polar surface area (TPSA) is 64.4 Å². The van der Waals surface area contributed by atoms with Crippen LogP contribution in [0, 0.1) is 15.9 Å². The molecule has 0 spiro atoms. The number of non-ortho nitro benzene ring substituents is 1. The zero-order valence-corrected chi connectivity index (χ0v) is 9.19. The second-order valence-corrected chi connectivity index (χ2v) is 4.01. The molecule has 0 radical (unpaired) electrons. The largest absolute Gasteiger partial charge is 0.380 e. The summed E-state index contributed by atoms with van der Waals surface area (Å²) in [5.74, 6) is -0.613. The number of rotatable bonds is 3. The summed E-state index contributed by atoms with van der Waals surface area (Å²) < 4.78 is 18.4. The molecule has 6 heteroatoms. The molecule has 1 aliphatic rings. The molecule has 5 nitrogen and oxygen atoms in total. The van der Waals surface area contributed by atoms with E-state index in [2.05, 4.69) is 5.32 Å². The van der Waals surface area contributed by atoms with Gasteiger partial charge in [0.25, 0.3) is 5.69 Å². The van der Waals surface area contributed by atoms with Crippen molar-refractivity contribution >= 4 is 11.4 Å². The first kappa shape index (κ1) is 11.8. The fourth-order valence-corrected chi connectivity index (χ4v) is 1.85. The van der Waals surface area contributed by atoms with Gasteiger partial charge >= 0.3 is 0 Å². The number of hydrogen-bond acceptors (Lipinski definition) is 4. The number of halogens is 1. The Morgan fingerprint density at radius 2 is 2.29 bits per heavy atom. The molecule has 1 aromatic rings. The minimum Gasteiger partial charge on any atom is -0.380 e. The average Bonchev–Trinajstić information content (AvgIpc) is 2.29. The van der Waals surface area contributed by atoms with Crippen molar-refractivity contribution in [2.75, 3.05) is 18.5 Å². The van der Waals surface area contributed by atoms with Crippen LogP contribution in [0.1, 0.15) is 12.8 Å². The van der Waals surface area contributed by atoms with Gasteiger partial charge in [-0.2, -0.15) is 0 Å². The van der Waals surface area contributed by atoms with Gasteiger partial charge in [0, 0.05) is 24.4 Å². The Kier molecular flexibility index (Phi) is 3.53. The van der Waals surface area contributed by atoms with E-state index < -0.39 is 10.7 Å². The fourth-order valence-electron chi connectivity index (χ4n) is 1.85. The molecule has 0 aromatic heterocycles. The summed E-state index contributed by atoms with van der Waals surface area (Å²) >= 11 is 0. The van der Waals surface area contributed by atoms with Crippen LogP contribution in [-0.4, -0.2) is 24.2 Å². The first-order valence-electron chi connectivity index (χ1n) is 5.44. The van der Waals surface area contributed by atoms with Crippen LogP contribution in [0.5, 0.6) is 0 Å². The van der Waals surface area contributed by atoms with Crippen LogP contribution in [0.25, 0.3) is 0 Å². The van der Waals surface area contributed by atoms with Crippen molar-refractivity contribution < 1.29 is 14.1 Å². The van der Waals surface area contributed by atoms with Gasteiger partial charge in [0.2, 0.25) is 0 Å². The lowest BCUT2D eigenvalue weighted by Gasteiger charge is -2.24. The summed E-state index contributed by atoms with van der Waals surface area (Å²) in [6, 6.07) is 3.58. The van der Waals surface area contributed by atoms with Gasteiger partial charge in [0.1, 0.15) is 5.82 Å². The van der Waals surface area contributed by atoms with Gasteiger partial charge in [0.05, 0.1) is 17.6 Å². The third kappa shape index (κ3) is 3.13. The molecule has 1 fully saturated rings. The van der Waals surface area contributed by atoms with Crippen LogP contribution < -0.4 is 5.32 Å². The number of benzene rings is 1. The standard InChI is InChI=1S/C11H13FN2O3/c12-8-4-10(6-11(5-8)14(15)16)13-9-2-1-3-17-7-9/h4-6,9,13H,1-3,7H2. The number of nitro groups is 1. The number of ether oxygens (including phenoxy) is 1. The van der Waals surface area contributed by atoms with Crippen LogP contribution >= 0.6 is 0 Å². The van der Waals surface area contributed by atoms with Gasteiger partial charge in [-0.3, -0.25) is 10.1 Å². The molecule has 1 heterocycles. The van der Waals surface area contributed by atoms with E-state index in [1.165, 1.54) is 12.1 Å². The highest BCUT2D eigenvalue weighted by Gasteiger charge is 2.16. The number of anilines is 1. The van der Waals surface area contributed by atoms with Crippen molar-refractivity contribution in [1.82, 2.24) is 0 Å². The first-order chi connectivity index (χ1) is 8.15. The predicted octanol–water partition coefficient (Wildman–Crippen LogP) is 2.32. The highest BCUT2D eigenvalue weighted by Crippen LogP contribution is 2.22. The Morgan fingerprint density at radius 3 is 2.94 bits per heavy atom. The lowest BCUT2D eigenvalue weighted by atomic mass is 10.1. The van der Waals surface area contributed by atoms with Crippen LogP contribution in [0.3, 0.4) is 0 Å². The van der Waals surface area contributed by atoms with Crippen molar-refractivity contribution in [3.05, 3.63) is 34.1 Å². The maximum atomic E-state index is 13.2. The number of hydrogen-bond donors (Lipinski definition) is 1. The smallest absolute Gasteiger partial charge is 0.274 e. The van der Waals surface area contributed by atoms with Gasteiger partial charge < -0.3 is 10.1 Å². The van der Waals surface area contributed by atoms with Gasteiger partial charge in [-0.25, -0.2) is 4.39 Å². The fraction of sp³-hybridized carbons (Fsp3) is 0.455. The lowest BCUT2D eigenvalue weighted by molar-refractivity contribution is -0.385. The normalized spacial score (nSPS) is 19.9. The van der Waals surface area contributed by atoms with Crippen LogP contribution in [0.2, 0.25) is 0 Å². The summed E-state index contributed by atoms with van der Waals surface area (Å²) in [4.78, 5) is 9.98. The van der Waals surface area contributed by atoms with Crippen LogP contribution in [0.4, 0.5) is 15.8 Å². The summed E-state index contributed by atoms with van der Waals surface area (Å²) in [7, 11) is 0. The molecular formula is C11H13FN2O3. The maximum absolute atomic E-state index is 13.2. The Balaban J connectivity index is 2.11. The number of nitrogens with zero attached hydrogens (tertiary/aromatic N) is 1. The Hall–Kier alpha value is -1.69. The zero-order valence-electron chi connectivity index (χ0n) is 9.19. The molecule has 0 bridgehead atoms. The lowest BCUT2D eigenvalue weighted by Crippen LogP contribution is -2.29. The molecule has 1 N–H and O–H groups in total. The van der Waals surface area contributed by atoms with Crippen molar-refractivity contribution in [3.8, 4) is 0 Å². The summed E-state index contributed by atoms with van der Waals surface area (Å²) in [5, 5.41) is 13.6. The van der Waals surface area contributed by atoms with E-state index in [9.17, 15) is 14.5 Å². The van der Waals surface area contributed by atoms with E-state index in [0.717, 1.165) is 25.5 Å². The molecule has 0 saturated carbocycles. The third-order valence-corrected chi connectivity index (χ3v) is 2.62. The van der Waals surface area contributed by atoms with E-state index in [1.807, 2.05) is 0 Å². The Morgan fingerprint density at radius 1 is 1.47 bits per heavy atom. The zero-order chi connectivity index (χ0) is 12.3. The van der Waals surface area contributed by atoms with Crippen molar-refractivity contribution in [3.63, 3.8) is 0 Å². The highest BCUT2D eigenvalue weighted by atomic mass is 19.1. The maximum Gasteiger partial charge on any atom is 0.274 e. The minimum absolute atomic E-state index is 0.0881. The molecule has 0 aliphatic carbocycles. The second-order valence-electron chi connectivity index (χ2n) is 4.01. The molecule has 92 valence electrons. The van der Waals surface area contributed by atoms with E-state index in [-0.39, 0.29) is 11.7 Å². The molecule has 2 rings (SSSR count). The van der Waals surface area contributed by atoms with E-state index >= 15 is 0 Å². The number of nitro benzene ring substituents is 1. The summed E-state index contributed by atoms with van der Waals surface area (Å²) in [6.45, 7) is 1.28. The SMILES string of the molecule is O=[N+]([O-])c1cc(F)cc(NC2CCCOC2)c1. The Bertz CT molecular complexity index is 419. The molecule has 17 heavy (non-hydrogen) atoms. The summed E-state index contributed by atoms with van der Waals surface area (Å²) in [6.07, 6.45) is 1.86. The van der Waals surface area contributed by atoms with Crippen LogP contribution in [-0.2, 0) is 4.74 Å². The van der Waals surface area contributed by atoms with E-state index in [1.54, 1.807) is 0 Å². The monoisotopic (exact) mass is 240 g/mol. The Labute approximate surface area is 97.7 Å². The molecule has 1 saturated heterocycles. The third-order valence-electron chi connectivity index (χ3n) is 2.62. The van der Waals surface area contributed by atoms with Gasteiger partial charge in [-0.05, 0) is 18.9 Å². The van der Waals surface area contributed by atoms with Gasteiger partial charge in [-0.15, -0.1) is 0 Å². The second kappa shape index (κ2) is 5.09. The molecular weight excluding hydrogens is 227 g/mol. The summed E-state index contributed by atoms with van der Waals surface area (Å²) in [5.41, 5.74) is 0.177. The highest BCUT2D eigenvalue weighted by molar-refractivity contribution is 5.52. The van der Waals surface area contributed by atoms with Crippen molar-refractivity contribution in [2.45, 2.75) is 18.9 Å². The predicted molar refractivity (Wildman–Crippen MR) is 60.5 cm³/mol. The van der Waals surface area contributed by atoms with E-state index in [0.29, 0.717) is 12.3 Å². The quantitative estimate of drug-likeness (QED) is 0.650. The molecule has 1 aliphatic heterocycles. The first-order valence-corrected chi connectivity index (χ1v) is 5.44. The van der Waals surface area contributed by atoms with Crippen molar-refractivity contribution in [1.29, 1.82) is 0 Å². The van der Waals surface area contributed by atoms with E-state index in [4.69, 9.17) is 4.74 Å². The number of nitrogens with one attached hydrogen (secondary N) is 1. The van der Waals surface area contributed by atoms with Crippen LogP contribution in [0.15, 0.2) is 18.2 Å². The average molecular weight is 240 g/mol. The van der Waals surface area contributed by atoms with Gasteiger partial charge in [-0.1, -0.05) is 0 Å². The minimum atomic E-state index is -0.613.